The van der Waals surface area contributed by atoms with Gasteiger partial charge in [-0.05, 0) is 84.9 Å². The van der Waals surface area contributed by atoms with Crippen LogP contribution < -0.4 is 0 Å². The summed E-state index contributed by atoms with van der Waals surface area (Å²) in [5, 5.41) is 11.2. The van der Waals surface area contributed by atoms with E-state index in [1.165, 1.54) is 32.1 Å². The fourth-order valence-electron chi connectivity index (χ4n) is 8.27. The molecule has 0 spiro atoms. The summed E-state index contributed by atoms with van der Waals surface area (Å²) in [4.78, 5) is 12.0. The van der Waals surface area contributed by atoms with Crippen molar-refractivity contribution in [3.63, 3.8) is 0 Å². The molecule has 0 saturated heterocycles. The summed E-state index contributed by atoms with van der Waals surface area (Å²) >= 11 is 0. The molecule has 0 aromatic heterocycles. The third-order valence-electron chi connectivity index (χ3n) is 9.90. The van der Waals surface area contributed by atoms with E-state index in [1.807, 2.05) is 0 Å². The maximum Gasteiger partial charge on any atom is 0.133 e. The van der Waals surface area contributed by atoms with Gasteiger partial charge in [-0.3, -0.25) is 4.79 Å². The van der Waals surface area contributed by atoms with E-state index in [2.05, 4.69) is 27.7 Å². The van der Waals surface area contributed by atoms with E-state index in [-0.39, 0.29) is 6.10 Å². The lowest BCUT2D eigenvalue weighted by Crippen LogP contribution is -2.58. The molecule has 4 aliphatic carbocycles. The Morgan fingerprint density at radius 1 is 1.12 bits per heavy atom. The molecule has 0 heterocycles. The summed E-state index contributed by atoms with van der Waals surface area (Å²) in [6.45, 7) is 9.82. The predicted octanol–water partition coefficient (Wildman–Crippen LogP) is 5.23. The summed E-state index contributed by atoms with van der Waals surface area (Å²) in [5.74, 6) is 4.35. The molecule has 0 amide bonds. The van der Waals surface area contributed by atoms with Crippen molar-refractivity contribution in [1.82, 2.24) is 0 Å². The summed E-state index contributed by atoms with van der Waals surface area (Å²) in [6.07, 6.45) is 9.89. The fourth-order valence-corrected chi connectivity index (χ4v) is 8.27. The molecular weight excluding hydrogens is 308 g/mol. The number of rotatable bonds is 2. The monoisotopic (exact) mass is 346 g/mol. The van der Waals surface area contributed by atoms with E-state index in [0.717, 1.165) is 37.5 Å². The van der Waals surface area contributed by atoms with Crippen molar-refractivity contribution in [2.45, 2.75) is 91.6 Å². The minimum atomic E-state index is -0.172. The number of hydrogen-bond donors (Lipinski definition) is 1. The van der Waals surface area contributed by atoms with Crippen LogP contribution in [0.4, 0.5) is 0 Å². The first-order chi connectivity index (χ1) is 11.8. The highest BCUT2D eigenvalue weighted by molar-refractivity contribution is 5.79. The number of Topliss-reactive ketones (excluding diaryl/α,β-unsaturated/α-hetero) is 1. The first kappa shape index (κ1) is 18.0. The molecule has 4 aliphatic rings. The Hall–Kier alpha value is -0.370. The summed E-state index contributed by atoms with van der Waals surface area (Å²) in [7, 11) is 0. The van der Waals surface area contributed by atoms with Gasteiger partial charge in [0.1, 0.15) is 5.78 Å². The van der Waals surface area contributed by atoms with Gasteiger partial charge in [0.25, 0.3) is 0 Å². The minimum absolute atomic E-state index is 0.172. The lowest BCUT2D eigenvalue weighted by atomic mass is 9.44. The Labute approximate surface area is 154 Å². The highest BCUT2D eigenvalue weighted by Crippen LogP contribution is 2.68. The summed E-state index contributed by atoms with van der Waals surface area (Å²) < 4.78 is 0. The van der Waals surface area contributed by atoms with E-state index in [4.69, 9.17) is 0 Å². The third-order valence-corrected chi connectivity index (χ3v) is 9.90. The van der Waals surface area contributed by atoms with Gasteiger partial charge in [0.05, 0.1) is 6.10 Å². The topological polar surface area (TPSA) is 37.3 Å². The van der Waals surface area contributed by atoms with Crippen molar-refractivity contribution in [1.29, 1.82) is 0 Å². The van der Waals surface area contributed by atoms with Gasteiger partial charge in [-0.15, -0.1) is 0 Å². The number of hydrogen-bond acceptors (Lipinski definition) is 2. The van der Waals surface area contributed by atoms with E-state index >= 15 is 0 Å². The van der Waals surface area contributed by atoms with Crippen LogP contribution in [0.5, 0.6) is 0 Å². The maximum atomic E-state index is 12.0. The van der Waals surface area contributed by atoms with Crippen molar-refractivity contribution in [3.8, 4) is 0 Å². The van der Waals surface area contributed by atoms with Crippen LogP contribution in [0.15, 0.2) is 0 Å². The highest BCUT2D eigenvalue weighted by Gasteiger charge is 2.62. The Morgan fingerprint density at radius 2 is 1.84 bits per heavy atom. The Balaban J connectivity index is 1.64. The quantitative estimate of drug-likeness (QED) is 0.743. The number of carbonyl (C=O) groups excluding carboxylic acids is 1. The first-order valence-electron chi connectivity index (χ1n) is 11.0. The van der Waals surface area contributed by atoms with Gasteiger partial charge in [0.2, 0.25) is 0 Å². The van der Waals surface area contributed by atoms with E-state index in [0.29, 0.717) is 40.3 Å². The van der Waals surface area contributed by atoms with Crippen LogP contribution in [-0.4, -0.2) is 17.0 Å². The van der Waals surface area contributed by atoms with Crippen molar-refractivity contribution in [2.75, 3.05) is 0 Å². The molecule has 4 saturated carbocycles. The molecule has 4 fully saturated rings. The molecule has 0 aliphatic heterocycles. The van der Waals surface area contributed by atoms with Crippen LogP contribution in [-0.2, 0) is 4.79 Å². The van der Waals surface area contributed by atoms with Gasteiger partial charge < -0.3 is 5.11 Å². The Morgan fingerprint density at radius 3 is 2.56 bits per heavy atom. The maximum absolute atomic E-state index is 12.0. The van der Waals surface area contributed by atoms with Crippen molar-refractivity contribution in [3.05, 3.63) is 0 Å². The van der Waals surface area contributed by atoms with Crippen LogP contribution in [0.25, 0.3) is 0 Å². The molecule has 1 N–H and O–H groups in total. The molecule has 142 valence electrons. The molecule has 9 atom stereocenters. The van der Waals surface area contributed by atoms with Crippen LogP contribution in [0.1, 0.15) is 85.5 Å². The number of aliphatic hydroxyl groups excluding tert-OH is 1. The van der Waals surface area contributed by atoms with Gasteiger partial charge in [-0.1, -0.05) is 34.1 Å². The average Bonchev–Trinajstić information content (AvgIpc) is 2.93. The normalized spacial score (nSPS) is 53.7. The van der Waals surface area contributed by atoms with Gasteiger partial charge in [-0.25, -0.2) is 0 Å². The Bertz CT molecular complexity index is 542. The molecule has 0 bridgehead atoms. The number of ketones is 1. The average molecular weight is 347 g/mol. The number of fused-ring (bicyclic) bond motifs is 5. The Kier molecular flexibility index (Phi) is 4.38. The predicted molar refractivity (Wildman–Crippen MR) is 101 cm³/mol. The smallest absolute Gasteiger partial charge is 0.133 e. The minimum Gasteiger partial charge on any atom is -0.393 e. The largest absolute Gasteiger partial charge is 0.393 e. The van der Waals surface area contributed by atoms with Crippen molar-refractivity contribution < 1.29 is 9.90 Å². The van der Waals surface area contributed by atoms with E-state index < -0.39 is 0 Å². The van der Waals surface area contributed by atoms with Gasteiger partial charge in [0, 0.05) is 12.8 Å². The van der Waals surface area contributed by atoms with Gasteiger partial charge in [0.15, 0.2) is 0 Å². The number of aliphatic hydroxyl groups is 1. The van der Waals surface area contributed by atoms with Crippen LogP contribution in [0, 0.1) is 46.3 Å². The highest BCUT2D eigenvalue weighted by atomic mass is 16.3. The number of carbonyl (C=O) groups is 1. The molecule has 0 radical (unpaired) electrons. The van der Waals surface area contributed by atoms with Crippen molar-refractivity contribution >= 4 is 5.78 Å². The van der Waals surface area contributed by atoms with Crippen LogP contribution in [0.2, 0.25) is 0 Å². The summed E-state index contributed by atoms with van der Waals surface area (Å²) in [6, 6.07) is 0. The zero-order valence-electron chi connectivity index (χ0n) is 16.8. The van der Waals surface area contributed by atoms with Gasteiger partial charge >= 0.3 is 0 Å². The molecular formula is C23H38O2. The van der Waals surface area contributed by atoms with Crippen LogP contribution in [0.3, 0.4) is 0 Å². The SMILES string of the molecule is CC[C@@H](C)[C@H]1CC[C@H]2[C@@H]3[C@H](O)C[C@@H]4CC(=O)CC[C@]4(C)[C@H]3CC[C@]12C. The second-order valence-corrected chi connectivity index (χ2v) is 10.7. The molecule has 0 unspecified atom stereocenters. The standard InChI is InChI=1S/C23H38O2/c1-5-14(2)17-6-7-18-21-19(9-11-23(17,18)4)22(3)10-8-16(24)12-15(22)13-20(21)25/h14-15,17-21,25H,5-13H2,1-4H3/t14-,15+,17-,18+,19+,20-,21+,22+,23-/m1/s1. The van der Waals surface area contributed by atoms with Crippen molar-refractivity contribution in [2.24, 2.45) is 46.3 Å². The summed E-state index contributed by atoms with van der Waals surface area (Å²) in [5.41, 5.74) is 0.735. The van der Waals surface area contributed by atoms with E-state index in [9.17, 15) is 9.90 Å². The molecule has 4 rings (SSSR count). The molecule has 2 nitrogen and oxygen atoms in total. The third kappa shape index (κ3) is 2.49. The molecule has 2 heteroatoms. The lowest BCUT2D eigenvalue weighted by Gasteiger charge is -2.61. The zero-order valence-corrected chi connectivity index (χ0v) is 16.8. The second kappa shape index (κ2) is 6.08. The lowest BCUT2D eigenvalue weighted by molar-refractivity contribution is -0.168. The van der Waals surface area contributed by atoms with Crippen LogP contribution >= 0.6 is 0 Å². The fraction of sp³-hybridized carbons (Fsp3) is 0.957. The van der Waals surface area contributed by atoms with E-state index in [1.54, 1.807) is 0 Å². The first-order valence-corrected chi connectivity index (χ1v) is 11.0. The molecule has 0 aromatic carbocycles. The second-order valence-electron chi connectivity index (χ2n) is 10.7. The molecule has 25 heavy (non-hydrogen) atoms. The van der Waals surface area contributed by atoms with Gasteiger partial charge in [-0.2, -0.15) is 0 Å². The molecule has 0 aromatic rings. The zero-order chi connectivity index (χ0) is 18.0.